The van der Waals surface area contributed by atoms with Crippen molar-refractivity contribution in [2.45, 2.75) is 24.8 Å². The number of halogens is 1. The van der Waals surface area contributed by atoms with Crippen LogP contribution in [0.1, 0.15) is 12.5 Å². The van der Waals surface area contributed by atoms with Gasteiger partial charge in [-0.1, -0.05) is 35.9 Å². The lowest BCUT2D eigenvalue weighted by atomic mass is 10.2. The van der Waals surface area contributed by atoms with Gasteiger partial charge < -0.3 is 5.32 Å². The molecule has 0 bridgehead atoms. The van der Waals surface area contributed by atoms with Gasteiger partial charge >= 0.3 is 0 Å². The SMILES string of the molecule is Cc1ccc(N([C@H](C)C(=O)NCCSc2ccccc2)S(C)(=O)=O)cc1Cl. The van der Waals surface area contributed by atoms with Crippen LogP contribution in [0.2, 0.25) is 5.02 Å². The topological polar surface area (TPSA) is 66.5 Å². The zero-order chi connectivity index (χ0) is 20.0. The van der Waals surface area contributed by atoms with Crippen molar-refractivity contribution in [3.63, 3.8) is 0 Å². The maximum absolute atomic E-state index is 12.5. The zero-order valence-corrected chi connectivity index (χ0v) is 17.9. The fourth-order valence-electron chi connectivity index (χ4n) is 2.54. The average Bonchev–Trinajstić information content (AvgIpc) is 2.61. The second-order valence-electron chi connectivity index (χ2n) is 6.12. The quantitative estimate of drug-likeness (QED) is 0.516. The van der Waals surface area contributed by atoms with E-state index in [-0.39, 0.29) is 5.91 Å². The maximum Gasteiger partial charge on any atom is 0.243 e. The van der Waals surface area contributed by atoms with Gasteiger partial charge in [0, 0.05) is 22.2 Å². The number of amides is 1. The number of nitrogens with one attached hydrogen (secondary N) is 1. The first-order valence-corrected chi connectivity index (χ1v) is 11.6. The van der Waals surface area contributed by atoms with Crippen LogP contribution in [0.4, 0.5) is 5.69 Å². The smallest absolute Gasteiger partial charge is 0.243 e. The summed E-state index contributed by atoms with van der Waals surface area (Å²) in [7, 11) is -3.66. The Bertz CT molecular complexity index is 889. The molecule has 0 aliphatic carbocycles. The van der Waals surface area contributed by atoms with Crippen molar-refractivity contribution in [2.24, 2.45) is 0 Å². The van der Waals surface area contributed by atoms with Crippen LogP contribution in [-0.2, 0) is 14.8 Å². The third-order valence-electron chi connectivity index (χ3n) is 3.91. The van der Waals surface area contributed by atoms with E-state index in [0.717, 1.165) is 21.0 Å². The summed E-state index contributed by atoms with van der Waals surface area (Å²) in [5.74, 6) is 0.336. The Kier molecular flexibility index (Phi) is 7.59. The molecule has 0 saturated heterocycles. The molecule has 146 valence electrons. The van der Waals surface area contributed by atoms with E-state index in [0.29, 0.717) is 23.0 Å². The molecule has 0 unspecified atom stereocenters. The monoisotopic (exact) mass is 426 g/mol. The van der Waals surface area contributed by atoms with Crippen LogP contribution in [0.3, 0.4) is 0 Å². The molecular weight excluding hydrogens is 404 g/mol. The average molecular weight is 427 g/mol. The predicted octanol–water partition coefficient (Wildman–Crippen LogP) is 3.71. The van der Waals surface area contributed by atoms with Gasteiger partial charge in [-0.05, 0) is 43.7 Å². The minimum atomic E-state index is -3.66. The molecule has 0 aliphatic rings. The Balaban J connectivity index is 2.03. The fraction of sp³-hybridized carbons (Fsp3) is 0.316. The van der Waals surface area contributed by atoms with Crippen molar-refractivity contribution in [1.29, 1.82) is 0 Å². The van der Waals surface area contributed by atoms with E-state index in [1.807, 2.05) is 37.3 Å². The second kappa shape index (κ2) is 9.48. The van der Waals surface area contributed by atoms with Crippen molar-refractivity contribution in [2.75, 3.05) is 22.9 Å². The predicted molar refractivity (Wildman–Crippen MR) is 113 cm³/mol. The van der Waals surface area contributed by atoms with Crippen molar-refractivity contribution < 1.29 is 13.2 Å². The number of benzene rings is 2. The van der Waals surface area contributed by atoms with Crippen LogP contribution in [0.5, 0.6) is 0 Å². The minimum Gasteiger partial charge on any atom is -0.353 e. The van der Waals surface area contributed by atoms with Gasteiger partial charge in [0.2, 0.25) is 15.9 Å². The Morgan fingerprint density at radius 3 is 2.48 bits per heavy atom. The molecule has 5 nitrogen and oxygen atoms in total. The Hall–Kier alpha value is -1.70. The molecule has 0 aliphatic heterocycles. The van der Waals surface area contributed by atoms with Gasteiger partial charge in [0.25, 0.3) is 0 Å². The van der Waals surface area contributed by atoms with E-state index < -0.39 is 16.1 Å². The number of sulfonamides is 1. The number of hydrogen-bond acceptors (Lipinski definition) is 4. The van der Waals surface area contributed by atoms with E-state index in [2.05, 4.69) is 5.32 Å². The number of aryl methyl sites for hydroxylation is 1. The molecule has 0 aromatic heterocycles. The molecule has 1 atom stereocenters. The third kappa shape index (κ3) is 6.16. The molecule has 2 aromatic carbocycles. The molecule has 2 aromatic rings. The molecule has 0 spiro atoms. The largest absolute Gasteiger partial charge is 0.353 e. The molecular formula is C19H23ClN2O3S2. The van der Waals surface area contributed by atoms with Crippen molar-refractivity contribution in [1.82, 2.24) is 5.32 Å². The third-order valence-corrected chi connectivity index (χ3v) is 6.57. The minimum absolute atomic E-state index is 0.356. The molecule has 2 rings (SSSR count). The van der Waals surface area contributed by atoms with Crippen LogP contribution in [0.15, 0.2) is 53.4 Å². The zero-order valence-electron chi connectivity index (χ0n) is 15.5. The lowest BCUT2D eigenvalue weighted by Gasteiger charge is -2.28. The summed E-state index contributed by atoms with van der Waals surface area (Å²) in [6.45, 7) is 3.83. The van der Waals surface area contributed by atoms with Gasteiger partial charge in [0.05, 0.1) is 11.9 Å². The molecule has 0 saturated carbocycles. The fourth-order valence-corrected chi connectivity index (χ4v) is 4.67. The van der Waals surface area contributed by atoms with Crippen LogP contribution >= 0.6 is 23.4 Å². The van der Waals surface area contributed by atoms with E-state index in [9.17, 15) is 13.2 Å². The van der Waals surface area contributed by atoms with Crippen molar-refractivity contribution in [3.8, 4) is 0 Å². The number of anilines is 1. The number of rotatable bonds is 8. The summed E-state index contributed by atoms with van der Waals surface area (Å²) in [6.07, 6.45) is 1.08. The number of carbonyl (C=O) groups is 1. The highest BCUT2D eigenvalue weighted by Gasteiger charge is 2.29. The van der Waals surface area contributed by atoms with Gasteiger partial charge in [-0.25, -0.2) is 8.42 Å². The summed E-state index contributed by atoms with van der Waals surface area (Å²) in [6, 6.07) is 13.9. The normalized spacial score (nSPS) is 12.4. The number of thioether (sulfide) groups is 1. The number of carbonyl (C=O) groups excluding carboxylic acids is 1. The lowest BCUT2D eigenvalue weighted by Crippen LogP contribution is -2.48. The van der Waals surface area contributed by atoms with E-state index in [1.54, 1.807) is 36.9 Å². The summed E-state index contributed by atoms with van der Waals surface area (Å²) in [4.78, 5) is 13.6. The highest BCUT2D eigenvalue weighted by Crippen LogP contribution is 2.26. The van der Waals surface area contributed by atoms with Gasteiger partial charge in [0.1, 0.15) is 6.04 Å². The Labute approximate surface area is 170 Å². The first-order chi connectivity index (χ1) is 12.7. The van der Waals surface area contributed by atoms with Crippen LogP contribution < -0.4 is 9.62 Å². The number of hydrogen-bond donors (Lipinski definition) is 1. The van der Waals surface area contributed by atoms with Crippen molar-refractivity contribution >= 4 is 45.0 Å². The highest BCUT2D eigenvalue weighted by atomic mass is 35.5. The van der Waals surface area contributed by atoms with Crippen LogP contribution in [0.25, 0.3) is 0 Å². The van der Waals surface area contributed by atoms with Gasteiger partial charge in [-0.3, -0.25) is 9.10 Å². The van der Waals surface area contributed by atoms with Gasteiger partial charge in [0.15, 0.2) is 0 Å². The molecule has 1 amide bonds. The maximum atomic E-state index is 12.5. The Morgan fingerprint density at radius 2 is 1.89 bits per heavy atom. The summed E-state index contributed by atoms with van der Waals surface area (Å²) in [5.41, 5.74) is 1.21. The molecule has 27 heavy (non-hydrogen) atoms. The standard InChI is InChI=1S/C19H23ClN2O3S2/c1-14-9-10-16(13-18(14)20)22(27(3,24)25)15(2)19(23)21-11-12-26-17-7-5-4-6-8-17/h4-10,13,15H,11-12H2,1-3H3,(H,21,23)/t15-/m1/s1. The summed E-state index contributed by atoms with van der Waals surface area (Å²) in [5, 5.41) is 3.25. The Morgan fingerprint density at radius 1 is 1.22 bits per heavy atom. The number of nitrogens with zero attached hydrogens (tertiary/aromatic N) is 1. The van der Waals surface area contributed by atoms with E-state index in [4.69, 9.17) is 11.6 Å². The van der Waals surface area contributed by atoms with Gasteiger partial charge in [-0.2, -0.15) is 0 Å². The summed E-state index contributed by atoms with van der Waals surface area (Å²) < 4.78 is 25.7. The van der Waals surface area contributed by atoms with Crippen LogP contribution in [-0.4, -0.2) is 38.9 Å². The first-order valence-electron chi connectivity index (χ1n) is 8.41. The molecule has 8 heteroatoms. The first kappa shape index (κ1) is 21.6. The lowest BCUT2D eigenvalue weighted by molar-refractivity contribution is -0.121. The summed E-state index contributed by atoms with van der Waals surface area (Å²) >= 11 is 7.75. The highest BCUT2D eigenvalue weighted by molar-refractivity contribution is 7.99. The van der Waals surface area contributed by atoms with Gasteiger partial charge in [-0.15, -0.1) is 11.8 Å². The van der Waals surface area contributed by atoms with E-state index >= 15 is 0 Å². The van der Waals surface area contributed by atoms with Crippen molar-refractivity contribution in [3.05, 3.63) is 59.1 Å². The molecule has 0 fully saturated rings. The molecule has 0 heterocycles. The van der Waals surface area contributed by atoms with E-state index in [1.165, 1.54) is 0 Å². The molecule has 0 radical (unpaired) electrons. The van der Waals surface area contributed by atoms with Crippen LogP contribution in [0, 0.1) is 6.92 Å². The molecule has 1 N–H and O–H groups in total. The second-order valence-corrected chi connectivity index (χ2v) is 9.56.